The van der Waals surface area contributed by atoms with Crippen molar-refractivity contribution in [2.24, 2.45) is 5.92 Å². The summed E-state index contributed by atoms with van der Waals surface area (Å²) in [4.78, 5) is 26.5. The van der Waals surface area contributed by atoms with Crippen molar-refractivity contribution in [3.63, 3.8) is 0 Å². The monoisotopic (exact) mass is 341 g/mol. The average Bonchev–Trinajstić information content (AvgIpc) is 2.82. The largest absolute Gasteiger partial charge is 0.450 e. The van der Waals surface area contributed by atoms with Gasteiger partial charge in [-0.25, -0.2) is 4.79 Å². The number of carbonyl (C=O) groups excluding carboxylic acids is 2. The summed E-state index contributed by atoms with van der Waals surface area (Å²) in [6.45, 7) is 13.1. The van der Waals surface area contributed by atoms with Gasteiger partial charge in [-0.15, -0.1) is 0 Å². The third-order valence-electron chi connectivity index (χ3n) is 4.72. The van der Waals surface area contributed by atoms with Gasteiger partial charge in [0.1, 0.15) is 0 Å². The molecule has 24 heavy (non-hydrogen) atoms. The van der Waals surface area contributed by atoms with Crippen LogP contribution in [0.25, 0.3) is 0 Å². The fourth-order valence-electron chi connectivity index (χ4n) is 3.59. The number of alkyl carbamates (subject to hydrolysis) is 1. The second kappa shape index (κ2) is 9.87. The highest BCUT2D eigenvalue weighted by Crippen LogP contribution is 2.25. The van der Waals surface area contributed by atoms with Gasteiger partial charge >= 0.3 is 6.09 Å². The molecule has 0 saturated carbocycles. The quantitative estimate of drug-likeness (QED) is 0.712. The topological polar surface area (TPSA) is 70.7 Å². The van der Waals surface area contributed by atoms with Crippen LogP contribution in [0.4, 0.5) is 4.79 Å². The second-order valence-corrected chi connectivity index (χ2v) is 7.34. The van der Waals surface area contributed by atoms with Crippen LogP contribution in [0.15, 0.2) is 0 Å². The van der Waals surface area contributed by atoms with E-state index in [9.17, 15) is 9.59 Å². The number of likely N-dealkylation sites (tertiary alicyclic amines) is 1. The predicted molar refractivity (Wildman–Crippen MR) is 95.9 cm³/mol. The average molecular weight is 341 g/mol. The van der Waals surface area contributed by atoms with Gasteiger partial charge in [-0.3, -0.25) is 9.69 Å². The normalized spacial score (nSPS) is 23.8. The van der Waals surface area contributed by atoms with Crippen LogP contribution in [-0.4, -0.2) is 54.2 Å². The molecular weight excluding hydrogens is 306 g/mol. The van der Waals surface area contributed by atoms with Gasteiger partial charge in [0.2, 0.25) is 5.91 Å². The first kappa shape index (κ1) is 20.7. The first-order valence-corrected chi connectivity index (χ1v) is 9.24. The number of hydrogen-bond acceptors (Lipinski definition) is 4. The molecule has 1 aliphatic heterocycles. The highest BCUT2D eigenvalue weighted by molar-refractivity contribution is 5.81. The Morgan fingerprint density at radius 1 is 1.17 bits per heavy atom. The molecule has 1 rings (SSSR count). The van der Waals surface area contributed by atoms with Crippen LogP contribution in [0, 0.1) is 5.92 Å². The third-order valence-corrected chi connectivity index (χ3v) is 4.72. The fourth-order valence-corrected chi connectivity index (χ4v) is 3.59. The molecule has 2 N–H and O–H groups in total. The summed E-state index contributed by atoms with van der Waals surface area (Å²) in [6, 6.07) is 0.600. The Hall–Kier alpha value is -1.30. The molecule has 1 saturated heterocycles. The Balaban J connectivity index is 2.54. The van der Waals surface area contributed by atoms with Crippen molar-refractivity contribution in [3.05, 3.63) is 0 Å². The minimum atomic E-state index is -0.424. The van der Waals surface area contributed by atoms with Crippen LogP contribution < -0.4 is 10.6 Å². The maximum absolute atomic E-state index is 12.5. The minimum absolute atomic E-state index is 0.0232. The van der Waals surface area contributed by atoms with Gasteiger partial charge in [0, 0.05) is 24.7 Å². The van der Waals surface area contributed by atoms with Crippen molar-refractivity contribution >= 4 is 12.0 Å². The van der Waals surface area contributed by atoms with E-state index in [1.54, 1.807) is 6.92 Å². The van der Waals surface area contributed by atoms with E-state index < -0.39 is 6.09 Å². The van der Waals surface area contributed by atoms with Crippen molar-refractivity contribution in [2.75, 3.05) is 13.2 Å². The Morgan fingerprint density at radius 2 is 1.75 bits per heavy atom. The molecule has 4 atom stereocenters. The van der Waals surface area contributed by atoms with E-state index in [0.717, 1.165) is 19.3 Å². The van der Waals surface area contributed by atoms with Gasteiger partial charge in [-0.05, 0) is 52.9 Å². The smallest absolute Gasteiger partial charge is 0.407 e. The van der Waals surface area contributed by atoms with E-state index in [2.05, 4.69) is 43.2 Å². The summed E-state index contributed by atoms with van der Waals surface area (Å²) in [7, 11) is 0. The van der Waals surface area contributed by atoms with Gasteiger partial charge in [0.05, 0.1) is 12.6 Å². The molecule has 0 aromatic heterocycles. The second-order valence-electron chi connectivity index (χ2n) is 7.34. The van der Waals surface area contributed by atoms with Crippen molar-refractivity contribution in [2.45, 2.75) is 85.0 Å². The van der Waals surface area contributed by atoms with Crippen molar-refractivity contribution in [1.29, 1.82) is 0 Å². The first-order valence-electron chi connectivity index (χ1n) is 9.24. The van der Waals surface area contributed by atoms with Gasteiger partial charge in [-0.1, -0.05) is 13.8 Å². The molecule has 1 fully saturated rings. The molecule has 2 amide bonds. The van der Waals surface area contributed by atoms with Crippen LogP contribution in [0.1, 0.15) is 60.8 Å². The summed E-state index contributed by atoms with van der Waals surface area (Å²) < 4.78 is 4.95. The number of carbonyl (C=O) groups is 2. The maximum Gasteiger partial charge on any atom is 0.407 e. The van der Waals surface area contributed by atoms with Crippen molar-refractivity contribution in [3.8, 4) is 0 Å². The zero-order chi connectivity index (χ0) is 18.3. The maximum atomic E-state index is 12.5. The summed E-state index contributed by atoms with van der Waals surface area (Å²) in [5.74, 6) is 0.444. The van der Waals surface area contributed by atoms with Gasteiger partial charge in [0.15, 0.2) is 0 Å². The molecule has 0 aromatic rings. The van der Waals surface area contributed by atoms with E-state index in [-0.39, 0.29) is 18.0 Å². The number of ether oxygens (including phenoxy) is 1. The molecular formula is C18H35N3O3. The Labute approximate surface area is 146 Å². The number of hydrogen-bond donors (Lipinski definition) is 2. The molecule has 6 nitrogen and oxygen atoms in total. The molecule has 0 bridgehead atoms. The molecule has 0 aliphatic carbocycles. The number of amides is 2. The van der Waals surface area contributed by atoms with Gasteiger partial charge in [0.25, 0.3) is 0 Å². The molecule has 0 radical (unpaired) electrons. The van der Waals surface area contributed by atoms with Crippen molar-refractivity contribution in [1.82, 2.24) is 15.5 Å². The van der Waals surface area contributed by atoms with E-state index in [0.29, 0.717) is 31.2 Å². The van der Waals surface area contributed by atoms with Crippen LogP contribution in [0.2, 0.25) is 0 Å². The van der Waals surface area contributed by atoms with E-state index in [1.165, 1.54) is 0 Å². The molecule has 0 spiro atoms. The summed E-state index contributed by atoms with van der Waals surface area (Å²) in [5, 5.41) is 5.84. The molecule has 1 heterocycles. The predicted octanol–water partition coefficient (Wildman–Crippen LogP) is 2.52. The molecule has 0 unspecified atom stereocenters. The fraction of sp³-hybridized carbons (Fsp3) is 0.889. The molecule has 6 heteroatoms. The van der Waals surface area contributed by atoms with E-state index >= 15 is 0 Å². The lowest BCUT2D eigenvalue weighted by molar-refractivity contribution is -0.127. The minimum Gasteiger partial charge on any atom is -0.450 e. The summed E-state index contributed by atoms with van der Waals surface area (Å²) in [5.41, 5.74) is 0. The van der Waals surface area contributed by atoms with Crippen LogP contribution in [-0.2, 0) is 9.53 Å². The van der Waals surface area contributed by atoms with Crippen LogP contribution in [0.5, 0.6) is 0 Å². The van der Waals surface area contributed by atoms with Gasteiger partial charge < -0.3 is 15.4 Å². The number of rotatable bonds is 8. The Bertz CT molecular complexity index is 404. The number of nitrogens with one attached hydrogen (secondary N) is 2. The lowest BCUT2D eigenvalue weighted by Crippen LogP contribution is -2.52. The lowest BCUT2D eigenvalue weighted by atomic mass is 10.0. The Morgan fingerprint density at radius 3 is 2.25 bits per heavy atom. The van der Waals surface area contributed by atoms with Crippen LogP contribution in [0.3, 0.4) is 0 Å². The van der Waals surface area contributed by atoms with Crippen molar-refractivity contribution < 1.29 is 14.3 Å². The molecule has 140 valence electrons. The summed E-state index contributed by atoms with van der Waals surface area (Å²) >= 11 is 0. The Kier molecular flexibility index (Phi) is 8.53. The lowest BCUT2D eigenvalue weighted by Gasteiger charge is -2.32. The SMILES string of the molecule is CCOC(=O)N[C@H](CNC(=O)[C@@H](C)N1[C@H](C)CC[C@@H]1C)CC(C)C. The zero-order valence-electron chi connectivity index (χ0n) is 16.1. The number of nitrogens with zero attached hydrogens (tertiary/aromatic N) is 1. The molecule has 1 aliphatic rings. The summed E-state index contributed by atoms with van der Waals surface area (Å²) in [6.07, 6.45) is 2.65. The highest BCUT2D eigenvalue weighted by atomic mass is 16.5. The third kappa shape index (κ3) is 6.30. The molecule has 0 aromatic carbocycles. The van der Waals surface area contributed by atoms with E-state index in [4.69, 9.17) is 4.74 Å². The van der Waals surface area contributed by atoms with Gasteiger partial charge in [-0.2, -0.15) is 0 Å². The van der Waals surface area contributed by atoms with Crippen LogP contribution >= 0.6 is 0 Å². The van der Waals surface area contributed by atoms with E-state index in [1.807, 2.05) is 6.92 Å². The highest BCUT2D eigenvalue weighted by Gasteiger charge is 2.34. The zero-order valence-corrected chi connectivity index (χ0v) is 16.1. The first-order chi connectivity index (χ1) is 11.3. The standard InChI is InChI=1S/C18H35N3O3/c1-7-24-18(23)20-16(10-12(2)3)11-19-17(22)15(6)21-13(4)8-9-14(21)5/h12-16H,7-11H2,1-6H3,(H,19,22)(H,20,23)/t13-,14+,15-,16+/m1/s1.